The first-order valence-corrected chi connectivity index (χ1v) is 10.8. The van der Waals surface area contributed by atoms with Crippen molar-refractivity contribution in [3.63, 3.8) is 0 Å². The highest BCUT2D eigenvalue weighted by Crippen LogP contribution is 2.21. The molecule has 0 saturated heterocycles. The van der Waals surface area contributed by atoms with Crippen molar-refractivity contribution in [1.29, 1.82) is 0 Å². The maximum Gasteiger partial charge on any atom is 0.325 e. The second-order valence-electron chi connectivity index (χ2n) is 6.65. The fourth-order valence-electron chi connectivity index (χ4n) is 2.69. The van der Waals surface area contributed by atoms with E-state index in [1.807, 2.05) is 12.1 Å². The van der Waals surface area contributed by atoms with Gasteiger partial charge in [-0.25, -0.2) is 8.42 Å². The molecule has 0 aromatic heterocycles. The normalized spacial score (nSPS) is 11.0. The Morgan fingerprint density at radius 3 is 2.38 bits per heavy atom. The topological polar surface area (TPSA) is 102 Å². The van der Waals surface area contributed by atoms with E-state index in [4.69, 9.17) is 0 Å². The Bertz CT molecular complexity index is 969. The standard InChI is InChI=1S/C21H26N2O5S/c1-4-5-6-16-8-11-18(12-9-16)23-29(26,27)19-13-17(10-7-15(19)2)21(25)22-14-20(24)28-3/h7-13,23H,4-6,14H2,1-3H3,(H,22,25). The maximum atomic E-state index is 12.8. The number of ether oxygens (including phenoxy) is 1. The molecule has 156 valence electrons. The zero-order valence-electron chi connectivity index (χ0n) is 16.8. The number of amides is 1. The average molecular weight is 419 g/mol. The summed E-state index contributed by atoms with van der Waals surface area (Å²) < 4.78 is 32.7. The lowest BCUT2D eigenvalue weighted by Gasteiger charge is -2.12. The van der Waals surface area contributed by atoms with E-state index in [-0.39, 0.29) is 17.0 Å². The molecule has 0 bridgehead atoms. The van der Waals surface area contributed by atoms with Gasteiger partial charge in [-0.15, -0.1) is 0 Å². The fourth-order valence-corrected chi connectivity index (χ4v) is 4.02. The minimum atomic E-state index is -3.89. The van der Waals surface area contributed by atoms with E-state index >= 15 is 0 Å². The third kappa shape index (κ3) is 6.32. The molecule has 0 heterocycles. The molecule has 8 heteroatoms. The first-order chi connectivity index (χ1) is 13.8. The molecule has 2 aromatic carbocycles. The SMILES string of the molecule is CCCCc1ccc(NS(=O)(=O)c2cc(C(=O)NCC(=O)OC)ccc2C)cc1. The Morgan fingerprint density at radius 1 is 1.07 bits per heavy atom. The Hall–Kier alpha value is -2.87. The fraction of sp³-hybridized carbons (Fsp3) is 0.333. The van der Waals surface area contributed by atoms with E-state index in [2.05, 4.69) is 21.7 Å². The minimum absolute atomic E-state index is 0.00159. The molecule has 2 N–H and O–H groups in total. The number of esters is 1. The summed E-state index contributed by atoms with van der Waals surface area (Å²) in [6, 6.07) is 11.6. The van der Waals surface area contributed by atoms with Gasteiger partial charge in [0.05, 0.1) is 12.0 Å². The van der Waals surface area contributed by atoms with E-state index in [0.717, 1.165) is 24.8 Å². The van der Waals surface area contributed by atoms with Gasteiger partial charge < -0.3 is 10.1 Å². The van der Waals surface area contributed by atoms with E-state index in [1.165, 1.54) is 19.2 Å². The number of nitrogens with one attached hydrogen (secondary N) is 2. The number of aryl methyl sites for hydroxylation is 2. The molecule has 0 atom stereocenters. The monoisotopic (exact) mass is 418 g/mol. The number of hydrogen-bond donors (Lipinski definition) is 2. The molecule has 2 aromatic rings. The number of benzene rings is 2. The number of hydrogen-bond acceptors (Lipinski definition) is 5. The highest BCUT2D eigenvalue weighted by Gasteiger charge is 2.19. The van der Waals surface area contributed by atoms with Gasteiger partial charge in [-0.3, -0.25) is 14.3 Å². The highest BCUT2D eigenvalue weighted by molar-refractivity contribution is 7.92. The zero-order valence-corrected chi connectivity index (χ0v) is 17.6. The minimum Gasteiger partial charge on any atom is -0.468 e. The molecular weight excluding hydrogens is 392 g/mol. The van der Waals surface area contributed by atoms with Crippen LogP contribution < -0.4 is 10.0 Å². The van der Waals surface area contributed by atoms with E-state index in [1.54, 1.807) is 25.1 Å². The van der Waals surface area contributed by atoms with Crippen LogP contribution in [-0.2, 0) is 26.0 Å². The van der Waals surface area contributed by atoms with Crippen molar-refractivity contribution in [2.45, 2.75) is 38.0 Å². The van der Waals surface area contributed by atoms with Crippen LogP contribution in [0, 0.1) is 6.92 Å². The number of anilines is 1. The predicted octanol–water partition coefficient (Wildman–Crippen LogP) is 3.04. The quantitative estimate of drug-likeness (QED) is 0.610. The second kappa shape index (κ2) is 10.1. The smallest absolute Gasteiger partial charge is 0.325 e. The van der Waals surface area contributed by atoms with Crippen molar-refractivity contribution in [3.8, 4) is 0 Å². The summed E-state index contributed by atoms with van der Waals surface area (Å²) in [6.07, 6.45) is 3.12. The summed E-state index contributed by atoms with van der Waals surface area (Å²) >= 11 is 0. The number of unbranched alkanes of at least 4 members (excludes halogenated alkanes) is 1. The van der Waals surface area contributed by atoms with Crippen molar-refractivity contribution in [2.75, 3.05) is 18.4 Å². The Morgan fingerprint density at radius 2 is 1.76 bits per heavy atom. The van der Waals surface area contributed by atoms with Crippen LogP contribution >= 0.6 is 0 Å². The lowest BCUT2D eigenvalue weighted by molar-refractivity contribution is -0.139. The first kappa shape index (κ1) is 22.4. The summed E-state index contributed by atoms with van der Waals surface area (Å²) in [6.45, 7) is 3.47. The van der Waals surface area contributed by atoms with Gasteiger partial charge in [0.25, 0.3) is 15.9 Å². The molecule has 0 radical (unpaired) electrons. The van der Waals surface area contributed by atoms with Gasteiger partial charge in [-0.05, 0) is 55.2 Å². The van der Waals surface area contributed by atoms with Crippen LogP contribution in [0.3, 0.4) is 0 Å². The molecule has 7 nitrogen and oxygen atoms in total. The van der Waals surface area contributed by atoms with Crippen molar-refractivity contribution >= 4 is 27.6 Å². The summed E-state index contributed by atoms with van der Waals surface area (Å²) in [4.78, 5) is 23.4. The number of carbonyl (C=O) groups is 2. The lowest BCUT2D eigenvalue weighted by atomic mass is 10.1. The van der Waals surface area contributed by atoms with Gasteiger partial charge >= 0.3 is 5.97 Å². The molecule has 0 spiro atoms. The molecule has 0 aliphatic rings. The van der Waals surface area contributed by atoms with Crippen LogP contribution in [0.25, 0.3) is 0 Å². The van der Waals surface area contributed by atoms with Gasteiger partial charge in [-0.2, -0.15) is 0 Å². The second-order valence-corrected chi connectivity index (χ2v) is 8.30. The number of rotatable bonds is 9. The predicted molar refractivity (Wildman–Crippen MR) is 111 cm³/mol. The molecule has 0 aliphatic heterocycles. The molecule has 0 fully saturated rings. The molecule has 29 heavy (non-hydrogen) atoms. The van der Waals surface area contributed by atoms with Crippen LogP contribution in [0.2, 0.25) is 0 Å². The van der Waals surface area contributed by atoms with Gasteiger partial charge in [-0.1, -0.05) is 31.5 Å². The van der Waals surface area contributed by atoms with E-state index in [0.29, 0.717) is 11.3 Å². The summed E-state index contributed by atoms with van der Waals surface area (Å²) in [7, 11) is -2.67. The molecule has 0 aliphatic carbocycles. The molecule has 0 unspecified atom stereocenters. The molecule has 1 amide bonds. The largest absolute Gasteiger partial charge is 0.468 e. The van der Waals surface area contributed by atoms with Crippen LogP contribution in [0.5, 0.6) is 0 Å². The van der Waals surface area contributed by atoms with Crippen LogP contribution in [0.15, 0.2) is 47.4 Å². The zero-order chi connectivity index (χ0) is 21.4. The third-order valence-electron chi connectivity index (χ3n) is 4.39. The summed E-state index contributed by atoms with van der Waals surface area (Å²) in [5.41, 5.74) is 2.23. The van der Waals surface area contributed by atoms with E-state index < -0.39 is 21.9 Å². The van der Waals surface area contributed by atoms with Gasteiger partial charge in [0.1, 0.15) is 6.54 Å². The van der Waals surface area contributed by atoms with Crippen molar-refractivity contribution in [3.05, 3.63) is 59.2 Å². The van der Waals surface area contributed by atoms with Crippen LogP contribution in [0.1, 0.15) is 41.3 Å². The van der Waals surface area contributed by atoms with Gasteiger partial charge in [0.15, 0.2) is 0 Å². The van der Waals surface area contributed by atoms with Gasteiger partial charge in [0, 0.05) is 11.3 Å². The van der Waals surface area contributed by atoms with Crippen LogP contribution in [0.4, 0.5) is 5.69 Å². The van der Waals surface area contributed by atoms with Gasteiger partial charge in [0.2, 0.25) is 0 Å². The lowest BCUT2D eigenvalue weighted by Crippen LogP contribution is -2.30. The third-order valence-corrected chi connectivity index (χ3v) is 5.91. The maximum absolute atomic E-state index is 12.8. The van der Waals surface area contributed by atoms with Crippen molar-refractivity contribution in [1.82, 2.24) is 5.32 Å². The van der Waals surface area contributed by atoms with E-state index in [9.17, 15) is 18.0 Å². The molecular formula is C21H26N2O5S. The number of sulfonamides is 1. The van der Waals surface area contributed by atoms with Crippen molar-refractivity contribution in [2.24, 2.45) is 0 Å². The summed E-state index contributed by atoms with van der Waals surface area (Å²) in [5, 5.41) is 2.39. The van der Waals surface area contributed by atoms with Crippen molar-refractivity contribution < 1.29 is 22.7 Å². The average Bonchev–Trinajstić information content (AvgIpc) is 2.71. The Kier molecular flexibility index (Phi) is 7.78. The number of methoxy groups -OCH3 is 1. The highest BCUT2D eigenvalue weighted by atomic mass is 32.2. The first-order valence-electron chi connectivity index (χ1n) is 9.34. The Balaban J connectivity index is 2.18. The molecule has 2 rings (SSSR count). The Labute approximate surface area is 171 Å². The number of carbonyl (C=O) groups excluding carboxylic acids is 2. The molecule has 0 saturated carbocycles. The van der Waals surface area contributed by atoms with Crippen LogP contribution in [-0.4, -0.2) is 33.9 Å². The summed E-state index contributed by atoms with van der Waals surface area (Å²) in [5.74, 6) is -1.16.